The smallest absolute Gasteiger partial charge is 0.410 e. The van der Waals surface area contributed by atoms with E-state index in [0.717, 1.165) is 11.1 Å². The van der Waals surface area contributed by atoms with Crippen molar-refractivity contribution in [1.82, 2.24) is 10.2 Å². The summed E-state index contributed by atoms with van der Waals surface area (Å²) in [5, 5.41) is 2.86. The fraction of sp³-hybridized carbons (Fsp3) is 0.300. The first-order valence-corrected chi connectivity index (χ1v) is 8.58. The van der Waals surface area contributed by atoms with Crippen LogP contribution in [0.15, 0.2) is 48.5 Å². The molecule has 0 aromatic heterocycles. The summed E-state index contributed by atoms with van der Waals surface area (Å²) in [5.74, 6) is 1.12. The molecule has 7 nitrogen and oxygen atoms in total. The van der Waals surface area contributed by atoms with Crippen molar-refractivity contribution in [2.75, 3.05) is 20.8 Å². The van der Waals surface area contributed by atoms with Crippen LogP contribution in [0.5, 0.6) is 11.5 Å². The highest BCUT2D eigenvalue weighted by atomic mass is 16.6. The quantitative estimate of drug-likeness (QED) is 0.810. The Hall–Kier alpha value is -3.22. The number of ether oxygens (including phenoxy) is 3. The Morgan fingerprint density at radius 2 is 2.00 bits per heavy atom. The second-order valence-electron chi connectivity index (χ2n) is 6.10. The zero-order chi connectivity index (χ0) is 19.2. The minimum absolute atomic E-state index is 0.0283. The number of amides is 2. The number of cyclic esters (lactones) is 1. The van der Waals surface area contributed by atoms with Crippen molar-refractivity contribution in [2.45, 2.75) is 19.1 Å². The Morgan fingerprint density at radius 1 is 1.19 bits per heavy atom. The number of nitrogens with zero attached hydrogens (tertiary/aromatic N) is 1. The molecule has 2 amide bonds. The van der Waals surface area contributed by atoms with Crippen LogP contribution in [0.3, 0.4) is 0 Å². The van der Waals surface area contributed by atoms with Gasteiger partial charge in [0.25, 0.3) is 0 Å². The van der Waals surface area contributed by atoms with E-state index in [1.54, 1.807) is 14.2 Å². The van der Waals surface area contributed by atoms with Gasteiger partial charge in [0.15, 0.2) is 0 Å². The van der Waals surface area contributed by atoms with E-state index >= 15 is 0 Å². The molecule has 142 valence electrons. The van der Waals surface area contributed by atoms with Crippen molar-refractivity contribution in [3.8, 4) is 11.5 Å². The molecule has 1 saturated heterocycles. The van der Waals surface area contributed by atoms with Crippen molar-refractivity contribution in [1.29, 1.82) is 0 Å². The third kappa shape index (κ3) is 4.31. The summed E-state index contributed by atoms with van der Waals surface area (Å²) in [6, 6.07) is 14.1. The Bertz CT molecular complexity index is 824. The first kappa shape index (κ1) is 18.6. The van der Waals surface area contributed by atoms with Crippen molar-refractivity contribution >= 4 is 12.0 Å². The van der Waals surface area contributed by atoms with Crippen LogP contribution in [0.1, 0.15) is 11.1 Å². The van der Waals surface area contributed by atoms with Crippen molar-refractivity contribution in [3.05, 3.63) is 59.7 Å². The average molecular weight is 370 g/mol. The van der Waals surface area contributed by atoms with Crippen LogP contribution in [0.4, 0.5) is 4.79 Å². The Labute approximate surface area is 157 Å². The van der Waals surface area contributed by atoms with Gasteiger partial charge >= 0.3 is 6.09 Å². The van der Waals surface area contributed by atoms with E-state index in [-0.39, 0.29) is 19.1 Å². The molecule has 0 aliphatic carbocycles. The molecule has 0 saturated carbocycles. The lowest BCUT2D eigenvalue weighted by Gasteiger charge is -2.21. The summed E-state index contributed by atoms with van der Waals surface area (Å²) in [6.45, 7) is 0.601. The highest BCUT2D eigenvalue weighted by Gasteiger charge is 2.38. The molecular weight excluding hydrogens is 348 g/mol. The standard InChI is InChI=1S/C20H22N2O5/c1-25-16-8-5-6-14(10-16)12-22-17(13-27-20(22)24)19(23)21-11-15-7-3-4-9-18(15)26-2/h3-10,17H,11-13H2,1-2H3,(H,21,23)/t17-/m0/s1. The van der Waals surface area contributed by atoms with Gasteiger partial charge in [0, 0.05) is 12.1 Å². The van der Waals surface area contributed by atoms with Crippen LogP contribution in [0, 0.1) is 0 Å². The molecule has 7 heteroatoms. The zero-order valence-corrected chi connectivity index (χ0v) is 15.3. The molecule has 0 bridgehead atoms. The first-order chi connectivity index (χ1) is 13.1. The SMILES string of the molecule is COc1cccc(CN2C(=O)OC[C@H]2C(=O)NCc2ccccc2OC)c1. The molecule has 1 N–H and O–H groups in total. The highest BCUT2D eigenvalue weighted by molar-refractivity contribution is 5.87. The highest BCUT2D eigenvalue weighted by Crippen LogP contribution is 2.21. The maximum absolute atomic E-state index is 12.6. The van der Waals surface area contributed by atoms with Crippen molar-refractivity contribution in [3.63, 3.8) is 0 Å². The Morgan fingerprint density at radius 3 is 2.78 bits per heavy atom. The summed E-state index contributed by atoms with van der Waals surface area (Å²) in [4.78, 5) is 26.2. The molecule has 1 atom stereocenters. The fourth-order valence-electron chi connectivity index (χ4n) is 2.96. The van der Waals surface area contributed by atoms with Gasteiger partial charge in [-0.25, -0.2) is 4.79 Å². The molecule has 0 spiro atoms. The van der Waals surface area contributed by atoms with Crippen molar-refractivity contribution < 1.29 is 23.8 Å². The van der Waals surface area contributed by atoms with Gasteiger partial charge in [-0.15, -0.1) is 0 Å². The van der Waals surface area contributed by atoms with E-state index in [2.05, 4.69) is 5.32 Å². The van der Waals surface area contributed by atoms with E-state index in [9.17, 15) is 9.59 Å². The molecule has 1 heterocycles. The topological polar surface area (TPSA) is 77.1 Å². The summed E-state index contributed by atoms with van der Waals surface area (Å²) in [5.41, 5.74) is 1.72. The van der Waals surface area contributed by atoms with Crippen LogP contribution in [-0.2, 0) is 22.6 Å². The van der Waals surface area contributed by atoms with E-state index in [1.165, 1.54) is 4.90 Å². The Kier molecular flexibility index (Phi) is 5.80. The predicted molar refractivity (Wildman–Crippen MR) is 98.5 cm³/mol. The van der Waals surface area contributed by atoms with Crippen LogP contribution in [-0.4, -0.2) is 43.8 Å². The number of methoxy groups -OCH3 is 2. The van der Waals surface area contributed by atoms with Crippen LogP contribution < -0.4 is 14.8 Å². The number of hydrogen-bond acceptors (Lipinski definition) is 5. The second kappa shape index (κ2) is 8.44. The molecule has 1 fully saturated rings. The molecule has 1 aliphatic heterocycles. The van der Waals surface area contributed by atoms with Gasteiger partial charge in [0.2, 0.25) is 5.91 Å². The lowest BCUT2D eigenvalue weighted by atomic mass is 10.1. The van der Waals surface area contributed by atoms with Gasteiger partial charge in [-0.1, -0.05) is 30.3 Å². The largest absolute Gasteiger partial charge is 0.497 e. The first-order valence-electron chi connectivity index (χ1n) is 8.58. The van der Waals surface area contributed by atoms with Gasteiger partial charge < -0.3 is 19.5 Å². The molecule has 2 aromatic rings. The summed E-state index contributed by atoms with van der Waals surface area (Å²) in [7, 11) is 3.16. The van der Waals surface area contributed by atoms with Gasteiger partial charge in [-0.2, -0.15) is 0 Å². The van der Waals surface area contributed by atoms with Gasteiger partial charge in [-0.05, 0) is 23.8 Å². The zero-order valence-electron chi connectivity index (χ0n) is 15.3. The maximum Gasteiger partial charge on any atom is 0.410 e. The molecule has 3 rings (SSSR count). The molecule has 2 aromatic carbocycles. The number of rotatable bonds is 7. The third-order valence-corrected chi connectivity index (χ3v) is 4.41. The number of hydrogen-bond donors (Lipinski definition) is 1. The van der Waals surface area contributed by atoms with Crippen LogP contribution in [0.2, 0.25) is 0 Å². The lowest BCUT2D eigenvalue weighted by Crippen LogP contribution is -2.45. The number of carbonyl (C=O) groups is 2. The summed E-state index contributed by atoms with van der Waals surface area (Å²) < 4.78 is 15.6. The number of nitrogens with one attached hydrogen (secondary N) is 1. The molecule has 1 aliphatic rings. The summed E-state index contributed by atoms with van der Waals surface area (Å²) >= 11 is 0. The van der Waals surface area contributed by atoms with Gasteiger partial charge in [-0.3, -0.25) is 9.69 Å². The lowest BCUT2D eigenvalue weighted by molar-refractivity contribution is -0.125. The molecular formula is C20H22N2O5. The van der Waals surface area contributed by atoms with Gasteiger partial charge in [0.1, 0.15) is 24.1 Å². The molecule has 0 unspecified atom stereocenters. The van der Waals surface area contributed by atoms with E-state index in [1.807, 2.05) is 48.5 Å². The minimum Gasteiger partial charge on any atom is -0.497 e. The van der Waals surface area contributed by atoms with Crippen LogP contribution >= 0.6 is 0 Å². The number of benzene rings is 2. The van der Waals surface area contributed by atoms with E-state index in [0.29, 0.717) is 18.0 Å². The third-order valence-electron chi connectivity index (χ3n) is 4.41. The van der Waals surface area contributed by atoms with E-state index < -0.39 is 12.1 Å². The van der Waals surface area contributed by atoms with Crippen LogP contribution in [0.25, 0.3) is 0 Å². The van der Waals surface area contributed by atoms with Crippen molar-refractivity contribution in [2.24, 2.45) is 0 Å². The average Bonchev–Trinajstić information content (AvgIpc) is 3.07. The number of para-hydroxylation sites is 1. The Balaban J connectivity index is 1.66. The normalized spacial score (nSPS) is 16.0. The maximum atomic E-state index is 12.6. The van der Waals surface area contributed by atoms with Gasteiger partial charge in [0.05, 0.1) is 20.8 Å². The number of carbonyl (C=O) groups excluding carboxylic acids is 2. The minimum atomic E-state index is -0.682. The van der Waals surface area contributed by atoms with E-state index in [4.69, 9.17) is 14.2 Å². The molecule has 0 radical (unpaired) electrons. The predicted octanol–water partition coefficient (Wildman–Crippen LogP) is 2.34. The molecule has 27 heavy (non-hydrogen) atoms. The fourth-order valence-corrected chi connectivity index (χ4v) is 2.96. The second-order valence-corrected chi connectivity index (χ2v) is 6.10. The summed E-state index contributed by atoms with van der Waals surface area (Å²) in [6.07, 6.45) is -0.504. The monoisotopic (exact) mass is 370 g/mol.